The Morgan fingerprint density at radius 1 is 1.53 bits per heavy atom. The number of hydrogen-bond donors (Lipinski definition) is 1. The number of nitrogens with one attached hydrogen (secondary N) is 1. The van der Waals surface area contributed by atoms with Crippen molar-refractivity contribution < 1.29 is 9.47 Å². The van der Waals surface area contributed by atoms with Gasteiger partial charge in [-0.2, -0.15) is 0 Å². The van der Waals surface area contributed by atoms with Gasteiger partial charge in [0.25, 0.3) is 5.19 Å². The van der Waals surface area contributed by atoms with Gasteiger partial charge in [-0.25, -0.2) is 0 Å². The molecule has 0 saturated carbocycles. The first-order valence-corrected chi connectivity index (χ1v) is 5.86. The molecule has 1 fully saturated rings. The van der Waals surface area contributed by atoms with Crippen LogP contribution in [0.1, 0.15) is 18.9 Å². The fourth-order valence-electron chi connectivity index (χ4n) is 1.07. The maximum absolute atomic E-state index is 5.53. The maximum Gasteiger partial charge on any atom is 0.294 e. The van der Waals surface area contributed by atoms with Gasteiger partial charge in [-0.3, -0.25) is 0 Å². The van der Waals surface area contributed by atoms with Crippen LogP contribution in [0.25, 0.3) is 0 Å². The first-order valence-electron chi connectivity index (χ1n) is 5.04. The Balaban J connectivity index is 1.80. The number of aromatic nitrogens is 2. The fourth-order valence-corrected chi connectivity index (χ4v) is 1.78. The molecule has 1 aromatic heterocycles. The van der Waals surface area contributed by atoms with Crippen molar-refractivity contribution in [3.8, 4) is 5.19 Å². The van der Waals surface area contributed by atoms with E-state index in [1.54, 1.807) is 0 Å². The maximum atomic E-state index is 5.53. The molecule has 0 spiro atoms. The Kier molecular flexibility index (Phi) is 3.50. The second kappa shape index (κ2) is 4.87. The van der Waals surface area contributed by atoms with Crippen molar-refractivity contribution in [1.82, 2.24) is 15.5 Å². The Morgan fingerprint density at radius 3 is 2.93 bits per heavy atom. The van der Waals surface area contributed by atoms with Crippen LogP contribution in [0.4, 0.5) is 0 Å². The second-order valence-corrected chi connectivity index (χ2v) is 4.80. The van der Waals surface area contributed by atoms with Gasteiger partial charge in [-0.1, -0.05) is 30.3 Å². The first kappa shape index (κ1) is 10.8. The summed E-state index contributed by atoms with van der Waals surface area (Å²) in [5, 5.41) is 12.9. The van der Waals surface area contributed by atoms with Gasteiger partial charge >= 0.3 is 0 Å². The predicted molar refractivity (Wildman–Crippen MR) is 57.1 cm³/mol. The minimum atomic E-state index is 0.170. The summed E-state index contributed by atoms with van der Waals surface area (Å²) in [4.78, 5) is 0. The average Bonchev–Trinajstić information content (AvgIpc) is 2.56. The van der Waals surface area contributed by atoms with E-state index in [4.69, 9.17) is 9.47 Å². The summed E-state index contributed by atoms with van der Waals surface area (Å²) < 4.78 is 10.5. The molecule has 0 unspecified atom stereocenters. The van der Waals surface area contributed by atoms with Crippen LogP contribution in [-0.4, -0.2) is 35.6 Å². The molecule has 1 N–H and O–H groups in total. The normalized spacial score (nSPS) is 16.7. The quantitative estimate of drug-likeness (QED) is 0.810. The van der Waals surface area contributed by atoms with Crippen molar-refractivity contribution in [2.45, 2.75) is 32.5 Å². The zero-order valence-electron chi connectivity index (χ0n) is 8.90. The molecule has 0 aromatic carbocycles. The van der Waals surface area contributed by atoms with E-state index in [0.717, 1.165) is 11.6 Å². The number of rotatable bonds is 5. The molecule has 0 amide bonds. The van der Waals surface area contributed by atoms with Gasteiger partial charge in [0, 0.05) is 6.04 Å². The van der Waals surface area contributed by atoms with Gasteiger partial charge in [0.2, 0.25) is 0 Å². The van der Waals surface area contributed by atoms with Gasteiger partial charge in [0.1, 0.15) is 11.1 Å². The lowest BCUT2D eigenvalue weighted by Crippen LogP contribution is -2.38. The van der Waals surface area contributed by atoms with E-state index in [9.17, 15) is 0 Å². The summed E-state index contributed by atoms with van der Waals surface area (Å²) in [6, 6.07) is 0.457. The molecule has 0 bridgehead atoms. The molecule has 6 heteroatoms. The average molecular weight is 229 g/mol. The highest BCUT2D eigenvalue weighted by Gasteiger charge is 2.21. The first-order chi connectivity index (χ1) is 7.24. The van der Waals surface area contributed by atoms with Gasteiger partial charge < -0.3 is 14.8 Å². The van der Waals surface area contributed by atoms with Crippen LogP contribution in [0, 0.1) is 0 Å². The summed E-state index contributed by atoms with van der Waals surface area (Å²) in [7, 11) is 0. The van der Waals surface area contributed by atoms with Crippen LogP contribution >= 0.6 is 11.3 Å². The summed E-state index contributed by atoms with van der Waals surface area (Å²) in [5.41, 5.74) is 0. The van der Waals surface area contributed by atoms with E-state index >= 15 is 0 Å². The lowest BCUT2D eigenvalue weighted by Gasteiger charge is -2.24. The highest BCUT2D eigenvalue weighted by Crippen LogP contribution is 2.20. The van der Waals surface area contributed by atoms with Gasteiger partial charge in [0.05, 0.1) is 19.8 Å². The third kappa shape index (κ3) is 3.12. The van der Waals surface area contributed by atoms with E-state index in [0.29, 0.717) is 24.4 Å². The molecule has 0 atom stereocenters. The third-order valence-electron chi connectivity index (χ3n) is 1.98. The summed E-state index contributed by atoms with van der Waals surface area (Å²) in [6.45, 7) is 6.28. The zero-order chi connectivity index (χ0) is 10.7. The van der Waals surface area contributed by atoms with Crippen molar-refractivity contribution in [1.29, 1.82) is 0 Å². The van der Waals surface area contributed by atoms with Crippen LogP contribution in [0.3, 0.4) is 0 Å². The van der Waals surface area contributed by atoms with E-state index in [1.165, 1.54) is 11.3 Å². The molecule has 2 rings (SSSR count). The summed E-state index contributed by atoms with van der Waals surface area (Å²) in [5.74, 6) is 0. The van der Waals surface area contributed by atoms with Gasteiger partial charge in [-0.15, -0.1) is 5.10 Å². The highest BCUT2D eigenvalue weighted by atomic mass is 32.1. The van der Waals surface area contributed by atoms with Crippen molar-refractivity contribution in [3.05, 3.63) is 5.01 Å². The number of ether oxygens (including phenoxy) is 2. The molecule has 84 valence electrons. The lowest BCUT2D eigenvalue weighted by atomic mass is 10.3. The molecule has 2 heterocycles. The van der Waals surface area contributed by atoms with E-state index in [1.807, 2.05) is 0 Å². The Labute approximate surface area is 92.8 Å². The van der Waals surface area contributed by atoms with Crippen LogP contribution in [0.5, 0.6) is 5.19 Å². The van der Waals surface area contributed by atoms with Crippen molar-refractivity contribution in [2.75, 3.05) is 13.2 Å². The fraction of sp³-hybridized carbons (Fsp3) is 0.778. The molecule has 1 aromatic rings. The zero-order valence-corrected chi connectivity index (χ0v) is 9.71. The minimum Gasteiger partial charge on any atom is -0.461 e. The topological polar surface area (TPSA) is 56.3 Å². The molecule has 1 aliphatic heterocycles. The predicted octanol–water partition coefficient (Wildman–Crippen LogP) is 0.814. The molecule has 15 heavy (non-hydrogen) atoms. The molecule has 1 aliphatic rings. The monoisotopic (exact) mass is 229 g/mol. The van der Waals surface area contributed by atoms with Crippen LogP contribution in [0.2, 0.25) is 0 Å². The Hall–Kier alpha value is -0.720. The van der Waals surface area contributed by atoms with Gasteiger partial charge in [0.15, 0.2) is 0 Å². The molecule has 1 saturated heterocycles. The van der Waals surface area contributed by atoms with Crippen molar-refractivity contribution in [2.24, 2.45) is 0 Å². The van der Waals surface area contributed by atoms with Crippen LogP contribution in [0.15, 0.2) is 0 Å². The molecule has 0 radical (unpaired) electrons. The highest BCUT2D eigenvalue weighted by molar-refractivity contribution is 7.13. The Bertz CT molecular complexity index is 312. The summed E-state index contributed by atoms with van der Waals surface area (Å²) >= 11 is 1.49. The minimum absolute atomic E-state index is 0.170. The number of hydrogen-bond acceptors (Lipinski definition) is 6. The van der Waals surface area contributed by atoms with E-state index < -0.39 is 0 Å². The largest absolute Gasteiger partial charge is 0.461 e. The third-order valence-corrected chi connectivity index (χ3v) is 2.80. The van der Waals surface area contributed by atoms with Gasteiger partial charge in [-0.05, 0) is 0 Å². The summed E-state index contributed by atoms with van der Waals surface area (Å²) in [6.07, 6.45) is 0.170. The van der Waals surface area contributed by atoms with Crippen LogP contribution < -0.4 is 10.1 Å². The second-order valence-electron chi connectivity index (χ2n) is 3.77. The van der Waals surface area contributed by atoms with Crippen molar-refractivity contribution in [3.63, 3.8) is 0 Å². The molecular formula is C9H15N3O2S. The standard InChI is InChI=1S/C9H15N3O2S/c1-6(2)10-3-8-11-12-9(15-8)14-7-4-13-5-7/h6-7,10H,3-5H2,1-2H3. The smallest absolute Gasteiger partial charge is 0.294 e. The van der Waals surface area contributed by atoms with Crippen LogP contribution in [-0.2, 0) is 11.3 Å². The van der Waals surface area contributed by atoms with E-state index in [2.05, 4.69) is 29.4 Å². The lowest BCUT2D eigenvalue weighted by molar-refractivity contribution is -0.0799. The molecular weight excluding hydrogens is 214 g/mol. The number of nitrogens with zero attached hydrogens (tertiary/aromatic N) is 2. The SMILES string of the molecule is CC(C)NCc1nnc(OC2COC2)s1. The van der Waals surface area contributed by atoms with Crippen molar-refractivity contribution >= 4 is 11.3 Å². The van der Waals surface area contributed by atoms with E-state index in [-0.39, 0.29) is 6.10 Å². The molecule has 0 aliphatic carbocycles. The Morgan fingerprint density at radius 2 is 2.33 bits per heavy atom. The molecule has 5 nitrogen and oxygen atoms in total.